The number of anilines is 1. The normalized spacial score (nSPS) is 10.9. The molecule has 6 nitrogen and oxygen atoms in total. The highest BCUT2D eigenvalue weighted by Crippen LogP contribution is 2.34. The van der Waals surface area contributed by atoms with Crippen molar-refractivity contribution in [3.63, 3.8) is 0 Å². The molecule has 1 amide bonds. The number of carbonyl (C=O) groups excluding carboxylic acids is 1. The maximum absolute atomic E-state index is 12.7. The number of aryl methyl sites for hydroxylation is 1. The third kappa shape index (κ3) is 4.79. The number of benzene rings is 3. The number of furan rings is 1. The number of hydrogen-bond acceptors (Lipinski definition) is 5. The lowest BCUT2D eigenvalue weighted by molar-refractivity contribution is 0.0951. The standard InChI is InChI=1S/C26H17Cl2N3O3S/c1-14-9-10-15(25-29-18-7-2-3-8-21(18)34-25)13-19(14)30-26(35)31-24(32)22-12-11-20(33-22)16-5-4-6-17(27)23(16)28/h2-13H,1H3,(H2,30,31,32,35). The second-order valence-electron chi connectivity index (χ2n) is 7.69. The number of nitrogens with zero attached hydrogens (tertiary/aromatic N) is 1. The topological polar surface area (TPSA) is 80.3 Å². The lowest BCUT2D eigenvalue weighted by Crippen LogP contribution is -2.34. The van der Waals surface area contributed by atoms with E-state index in [0.29, 0.717) is 38.5 Å². The van der Waals surface area contributed by atoms with Crippen molar-refractivity contribution < 1.29 is 13.6 Å². The fourth-order valence-electron chi connectivity index (χ4n) is 3.50. The van der Waals surface area contributed by atoms with Crippen LogP contribution in [0.1, 0.15) is 16.1 Å². The fraction of sp³-hybridized carbons (Fsp3) is 0.0385. The summed E-state index contributed by atoms with van der Waals surface area (Å²) in [5.74, 6) is 0.493. The quantitative estimate of drug-likeness (QED) is 0.238. The summed E-state index contributed by atoms with van der Waals surface area (Å²) in [5.41, 5.74) is 4.48. The van der Waals surface area contributed by atoms with E-state index in [1.165, 1.54) is 0 Å². The molecule has 2 N–H and O–H groups in total. The van der Waals surface area contributed by atoms with Crippen molar-refractivity contribution >= 4 is 63.2 Å². The zero-order valence-corrected chi connectivity index (χ0v) is 20.6. The lowest BCUT2D eigenvalue weighted by atomic mass is 10.1. The Labute approximate surface area is 215 Å². The molecular formula is C26H17Cl2N3O3S. The van der Waals surface area contributed by atoms with Crippen LogP contribution >= 0.6 is 35.4 Å². The molecule has 0 aliphatic rings. The van der Waals surface area contributed by atoms with Gasteiger partial charge in [0.25, 0.3) is 5.91 Å². The van der Waals surface area contributed by atoms with Crippen LogP contribution in [-0.4, -0.2) is 16.0 Å². The molecule has 0 radical (unpaired) electrons. The number of halogens is 2. The van der Waals surface area contributed by atoms with Crippen molar-refractivity contribution in [2.75, 3.05) is 5.32 Å². The van der Waals surface area contributed by atoms with Crippen LogP contribution in [0.3, 0.4) is 0 Å². The highest BCUT2D eigenvalue weighted by Gasteiger charge is 2.17. The van der Waals surface area contributed by atoms with E-state index in [1.807, 2.05) is 49.4 Å². The Bertz CT molecular complexity index is 1560. The smallest absolute Gasteiger partial charge is 0.293 e. The number of fused-ring (bicyclic) bond motifs is 1. The van der Waals surface area contributed by atoms with Crippen LogP contribution in [0.2, 0.25) is 10.0 Å². The maximum atomic E-state index is 12.7. The summed E-state index contributed by atoms with van der Waals surface area (Å²) >= 11 is 17.7. The lowest BCUT2D eigenvalue weighted by Gasteiger charge is -2.12. The highest BCUT2D eigenvalue weighted by molar-refractivity contribution is 7.80. The second-order valence-corrected chi connectivity index (χ2v) is 8.88. The summed E-state index contributed by atoms with van der Waals surface area (Å²) < 4.78 is 11.5. The van der Waals surface area contributed by atoms with E-state index in [1.54, 1.807) is 30.3 Å². The Hall–Kier alpha value is -3.65. The predicted octanol–water partition coefficient (Wildman–Crippen LogP) is 7.50. The van der Waals surface area contributed by atoms with Crippen LogP contribution in [0.25, 0.3) is 33.9 Å². The third-order valence-corrected chi connectivity index (χ3v) is 6.32. The Kier molecular flexibility index (Phi) is 6.30. The molecule has 9 heteroatoms. The van der Waals surface area contributed by atoms with Gasteiger partial charge < -0.3 is 14.2 Å². The van der Waals surface area contributed by atoms with Gasteiger partial charge in [0.05, 0.1) is 10.0 Å². The van der Waals surface area contributed by atoms with E-state index in [-0.39, 0.29) is 10.9 Å². The molecule has 0 unspecified atom stereocenters. The number of nitrogens with one attached hydrogen (secondary N) is 2. The number of rotatable bonds is 4. The first-order valence-corrected chi connectivity index (χ1v) is 11.7. The van der Waals surface area contributed by atoms with Gasteiger partial charge in [0.2, 0.25) is 5.89 Å². The number of para-hydroxylation sites is 2. The predicted molar refractivity (Wildman–Crippen MR) is 142 cm³/mol. The van der Waals surface area contributed by atoms with Crippen molar-refractivity contribution in [1.82, 2.24) is 10.3 Å². The molecular weight excluding hydrogens is 505 g/mol. The Balaban J connectivity index is 1.30. The molecule has 0 bridgehead atoms. The van der Waals surface area contributed by atoms with Gasteiger partial charge in [-0.1, -0.05) is 47.5 Å². The summed E-state index contributed by atoms with van der Waals surface area (Å²) in [6.07, 6.45) is 0. The number of thiocarbonyl (C=S) groups is 1. The summed E-state index contributed by atoms with van der Waals surface area (Å²) in [4.78, 5) is 17.2. The van der Waals surface area contributed by atoms with Crippen molar-refractivity contribution in [2.24, 2.45) is 0 Å². The Morgan fingerprint density at radius 1 is 0.971 bits per heavy atom. The molecule has 0 fully saturated rings. The SMILES string of the molecule is Cc1ccc(-c2nc3ccccc3o2)cc1NC(=S)NC(=O)c1ccc(-c2cccc(Cl)c2Cl)o1. The van der Waals surface area contributed by atoms with Crippen molar-refractivity contribution in [2.45, 2.75) is 6.92 Å². The van der Waals surface area contributed by atoms with Crippen LogP contribution in [-0.2, 0) is 0 Å². The van der Waals surface area contributed by atoms with Crippen LogP contribution in [0.5, 0.6) is 0 Å². The number of amides is 1. The molecule has 0 aliphatic carbocycles. The molecule has 5 rings (SSSR count). The molecule has 174 valence electrons. The van der Waals surface area contributed by atoms with E-state index in [9.17, 15) is 4.79 Å². The van der Waals surface area contributed by atoms with Crippen molar-refractivity contribution in [3.05, 3.63) is 94.2 Å². The van der Waals surface area contributed by atoms with E-state index in [0.717, 1.165) is 16.6 Å². The average Bonchev–Trinajstić information content (AvgIpc) is 3.50. The zero-order chi connectivity index (χ0) is 24.5. The number of hydrogen-bond donors (Lipinski definition) is 2. The van der Waals surface area contributed by atoms with Crippen LogP contribution in [0.15, 0.2) is 81.6 Å². The number of carbonyl (C=O) groups is 1. The summed E-state index contributed by atoms with van der Waals surface area (Å²) in [5, 5.41) is 6.55. The van der Waals surface area contributed by atoms with E-state index < -0.39 is 5.91 Å². The number of aromatic nitrogens is 1. The average molecular weight is 522 g/mol. The van der Waals surface area contributed by atoms with Crippen molar-refractivity contribution in [3.8, 4) is 22.8 Å². The van der Waals surface area contributed by atoms with E-state index in [4.69, 9.17) is 44.3 Å². The van der Waals surface area contributed by atoms with Crippen LogP contribution in [0.4, 0.5) is 5.69 Å². The van der Waals surface area contributed by atoms with Crippen molar-refractivity contribution in [1.29, 1.82) is 0 Å². The number of oxazole rings is 1. The van der Waals surface area contributed by atoms with Crippen LogP contribution < -0.4 is 10.6 Å². The van der Waals surface area contributed by atoms with Crippen LogP contribution in [0, 0.1) is 6.92 Å². The second kappa shape index (κ2) is 9.54. The summed E-state index contributed by atoms with van der Waals surface area (Å²) in [6.45, 7) is 1.93. The minimum atomic E-state index is -0.500. The molecule has 35 heavy (non-hydrogen) atoms. The van der Waals surface area contributed by atoms with Gasteiger partial charge in [0.1, 0.15) is 11.3 Å². The van der Waals surface area contributed by atoms with Gasteiger partial charge in [-0.3, -0.25) is 10.1 Å². The first-order chi connectivity index (χ1) is 16.9. The summed E-state index contributed by atoms with van der Waals surface area (Å²) in [6, 6.07) is 21.6. The Morgan fingerprint density at radius 3 is 2.63 bits per heavy atom. The van der Waals surface area contributed by atoms with E-state index in [2.05, 4.69) is 15.6 Å². The van der Waals surface area contributed by atoms with Gasteiger partial charge >= 0.3 is 0 Å². The summed E-state index contributed by atoms with van der Waals surface area (Å²) in [7, 11) is 0. The molecule has 5 aromatic rings. The van der Waals surface area contributed by atoms with Gasteiger partial charge in [0.15, 0.2) is 16.5 Å². The minimum absolute atomic E-state index is 0.0807. The van der Waals surface area contributed by atoms with Gasteiger partial charge in [-0.05, 0) is 73.2 Å². The molecule has 2 aromatic heterocycles. The van der Waals surface area contributed by atoms with Gasteiger partial charge in [-0.15, -0.1) is 0 Å². The monoisotopic (exact) mass is 521 g/mol. The van der Waals surface area contributed by atoms with Gasteiger partial charge in [-0.25, -0.2) is 4.98 Å². The minimum Gasteiger partial charge on any atom is -0.451 e. The molecule has 0 saturated carbocycles. The largest absolute Gasteiger partial charge is 0.451 e. The molecule has 3 aromatic carbocycles. The highest BCUT2D eigenvalue weighted by atomic mass is 35.5. The van der Waals surface area contributed by atoms with E-state index >= 15 is 0 Å². The molecule has 2 heterocycles. The van der Waals surface area contributed by atoms with Gasteiger partial charge in [0, 0.05) is 16.8 Å². The Morgan fingerprint density at radius 2 is 1.80 bits per heavy atom. The third-order valence-electron chi connectivity index (χ3n) is 5.30. The fourth-order valence-corrected chi connectivity index (χ4v) is 4.10. The zero-order valence-electron chi connectivity index (χ0n) is 18.3. The molecule has 0 spiro atoms. The first kappa shape index (κ1) is 23.1. The maximum Gasteiger partial charge on any atom is 0.293 e. The first-order valence-electron chi connectivity index (χ1n) is 10.5. The molecule has 0 saturated heterocycles. The molecule has 0 atom stereocenters. The van der Waals surface area contributed by atoms with Gasteiger partial charge in [-0.2, -0.15) is 0 Å². The molecule has 0 aliphatic heterocycles.